The lowest BCUT2D eigenvalue weighted by Crippen LogP contribution is -1.96. The molecule has 3 nitrogen and oxygen atoms in total. The second-order valence-electron chi connectivity index (χ2n) is 5.05. The van der Waals surface area contributed by atoms with Crippen LogP contribution >= 0.6 is 0 Å². The Morgan fingerprint density at radius 3 is 2.52 bits per heavy atom. The Hall–Kier alpha value is -3.01. The summed E-state index contributed by atoms with van der Waals surface area (Å²) in [5.74, 6) is 0.0404. The minimum atomic E-state index is -0.541. The number of rotatable bonds is 5. The largest absolute Gasteiger partial charge is 0.489 e. The highest BCUT2D eigenvalue weighted by Gasteiger charge is 2.05. The molecule has 3 rings (SSSR count). The molecule has 4 heteroatoms. The van der Waals surface area contributed by atoms with Crippen molar-refractivity contribution in [3.63, 3.8) is 0 Å². The molecular formula is C19H14FNO2. The first-order valence-electron chi connectivity index (χ1n) is 7.13. The van der Waals surface area contributed by atoms with Crippen molar-refractivity contribution in [1.82, 2.24) is 4.98 Å². The highest BCUT2D eigenvalue weighted by atomic mass is 19.1. The topological polar surface area (TPSA) is 39.2 Å². The Balaban J connectivity index is 1.87. The van der Waals surface area contributed by atoms with Crippen molar-refractivity contribution in [3.05, 3.63) is 83.9 Å². The van der Waals surface area contributed by atoms with Gasteiger partial charge in [-0.15, -0.1) is 0 Å². The molecule has 0 bridgehead atoms. The molecule has 1 heterocycles. The quantitative estimate of drug-likeness (QED) is 0.522. The summed E-state index contributed by atoms with van der Waals surface area (Å²) in [7, 11) is 0. The van der Waals surface area contributed by atoms with Crippen LogP contribution < -0.4 is 4.74 Å². The van der Waals surface area contributed by atoms with Crippen LogP contribution in [0.15, 0.2) is 66.9 Å². The maximum Gasteiger partial charge on any atom is 0.212 e. The van der Waals surface area contributed by atoms with Crippen LogP contribution in [0, 0.1) is 5.95 Å². The van der Waals surface area contributed by atoms with Crippen molar-refractivity contribution in [2.45, 2.75) is 6.61 Å². The second-order valence-corrected chi connectivity index (χ2v) is 5.05. The van der Waals surface area contributed by atoms with Gasteiger partial charge in [0.05, 0.1) is 0 Å². The molecule has 23 heavy (non-hydrogen) atoms. The molecule has 0 aliphatic heterocycles. The maximum atomic E-state index is 12.9. The summed E-state index contributed by atoms with van der Waals surface area (Å²) < 4.78 is 18.7. The van der Waals surface area contributed by atoms with Gasteiger partial charge in [-0.25, -0.2) is 4.98 Å². The number of hydrogen-bond donors (Lipinski definition) is 0. The zero-order valence-electron chi connectivity index (χ0n) is 12.3. The predicted molar refractivity (Wildman–Crippen MR) is 85.8 cm³/mol. The van der Waals surface area contributed by atoms with Gasteiger partial charge in [-0.05, 0) is 41.5 Å². The Morgan fingerprint density at radius 2 is 1.83 bits per heavy atom. The Bertz CT molecular complexity index is 801. The van der Waals surface area contributed by atoms with Crippen molar-refractivity contribution in [2.24, 2.45) is 0 Å². The molecular weight excluding hydrogens is 293 g/mol. The maximum absolute atomic E-state index is 12.9. The van der Waals surface area contributed by atoms with Gasteiger partial charge in [-0.2, -0.15) is 4.39 Å². The number of halogens is 1. The summed E-state index contributed by atoms with van der Waals surface area (Å²) in [6, 6.07) is 17.9. The molecule has 0 spiro atoms. The smallest absolute Gasteiger partial charge is 0.212 e. The number of carbonyl (C=O) groups is 1. The lowest BCUT2D eigenvalue weighted by atomic mass is 10.0. The van der Waals surface area contributed by atoms with E-state index in [0.29, 0.717) is 17.9 Å². The van der Waals surface area contributed by atoms with Crippen LogP contribution in [0.1, 0.15) is 15.9 Å². The summed E-state index contributed by atoms with van der Waals surface area (Å²) in [5, 5.41) is 0. The van der Waals surface area contributed by atoms with Crippen molar-refractivity contribution in [2.75, 3.05) is 0 Å². The minimum absolute atomic E-state index is 0.407. The standard InChI is InChI=1S/C19H14FNO2/c20-19-7-6-16(11-21-19)17-8-15(12-22)9-18(10-17)23-13-14-4-2-1-3-5-14/h1-12H,13H2. The summed E-state index contributed by atoms with van der Waals surface area (Å²) in [6.07, 6.45) is 2.19. The van der Waals surface area contributed by atoms with E-state index < -0.39 is 5.95 Å². The normalized spacial score (nSPS) is 10.3. The van der Waals surface area contributed by atoms with E-state index in [1.807, 2.05) is 36.4 Å². The number of aldehydes is 1. The average Bonchev–Trinajstić information content (AvgIpc) is 2.61. The van der Waals surface area contributed by atoms with Gasteiger partial charge < -0.3 is 4.74 Å². The fraction of sp³-hybridized carbons (Fsp3) is 0.0526. The predicted octanol–water partition coefficient (Wildman–Crippen LogP) is 4.28. The van der Waals surface area contributed by atoms with E-state index in [1.165, 1.54) is 12.3 Å². The SMILES string of the molecule is O=Cc1cc(OCc2ccccc2)cc(-c2ccc(F)nc2)c1. The van der Waals surface area contributed by atoms with E-state index in [2.05, 4.69) is 4.98 Å². The zero-order valence-corrected chi connectivity index (χ0v) is 12.3. The first-order chi connectivity index (χ1) is 11.2. The lowest BCUT2D eigenvalue weighted by molar-refractivity contribution is 0.112. The number of carbonyl (C=O) groups excluding carboxylic acids is 1. The van der Waals surface area contributed by atoms with Crippen LogP contribution in [0.4, 0.5) is 4.39 Å². The first kappa shape index (κ1) is 14.9. The van der Waals surface area contributed by atoms with E-state index in [9.17, 15) is 9.18 Å². The van der Waals surface area contributed by atoms with Gasteiger partial charge in [0.2, 0.25) is 5.95 Å². The lowest BCUT2D eigenvalue weighted by Gasteiger charge is -2.10. The third kappa shape index (κ3) is 3.80. The Morgan fingerprint density at radius 1 is 1.00 bits per heavy atom. The zero-order chi connectivity index (χ0) is 16.1. The van der Waals surface area contributed by atoms with Gasteiger partial charge in [0.25, 0.3) is 0 Å². The number of pyridine rings is 1. The van der Waals surface area contributed by atoms with Gasteiger partial charge in [0.15, 0.2) is 0 Å². The van der Waals surface area contributed by atoms with E-state index in [1.54, 1.807) is 18.2 Å². The van der Waals surface area contributed by atoms with E-state index in [4.69, 9.17) is 4.74 Å². The molecule has 0 radical (unpaired) electrons. The second kappa shape index (κ2) is 6.83. The third-order valence-corrected chi connectivity index (χ3v) is 3.37. The Labute approximate surface area is 133 Å². The number of aromatic nitrogens is 1. The number of ether oxygens (including phenoxy) is 1. The average molecular weight is 307 g/mol. The molecule has 0 unspecified atom stereocenters. The van der Waals surface area contributed by atoms with Crippen molar-refractivity contribution in [1.29, 1.82) is 0 Å². The third-order valence-electron chi connectivity index (χ3n) is 3.37. The van der Waals surface area contributed by atoms with Crippen LogP contribution in [0.2, 0.25) is 0 Å². The van der Waals surface area contributed by atoms with Crippen molar-refractivity contribution >= 4 is 6.29 Å². The molecule has 1 aromatic heterocycles. The number of nitrogens with zero attached hydrogens (tertiary/aromatic N) is 1. The summed E-state index contributed by atoms with van der Waals surface area (Å²) in [4.78, 5) is 14.8. The first-order valence-corrected chi connectivity index (χ1v) is 7.13. The molecule has 0 atom stereocenters. The molecule has 0 fully saturated rings. The van der Waals surface area contributed by atoms with Gasteiger partial charge in [0, 0.05) is 17.3 Å². The summed E-state index contributed by atoms with van der Waals surface area (Å²) >= 11 is 0. The van der Waals surface area contributed by atoms with Crippen LogP contribution in [-0.2, 0) is 6.61 Å². The molecule has 114 valence electrons. The number of benzene rings is 2. The molecule has 0 aliphatic rings. The number of hydrogen-bond acceptors (Lipinski definition) is 3. The van der Waals surface area contributed by atoms with Crippen molar-refractivity contribution < 1.29 is 13.9 Å². The minimum Gasteiger partial charge on any atom is -0.489 e. The van der Waals surface area contributed by atoms with Gasteiger partial charge in [0.1, 0.15) is 18.6 Å². The monoisotopic (exact) mass is 307 g/mol. The fourth-order valence-electron chi connectivity index (χ4n) is 2.23. The van der Waals surface area contributed by atoms with E-state index >= 15 is 0 Å². The van der Waals surface area contributed by atoms with Crippen molar-refractivity contribution in [3.8, 4) is 16.9 Å². The summed E-state index contributed by atoms with van der Waals surface area (Å²) in [6.45, 7) is 0.407. The van der Waals surface area contributed by atoms with Crippen LogP contribution in [0.5, 0.6) is 5.75 Å². The summed E-state index contributed by atoms with van der Waals surface area (Å²) in [5.41, 5.74) is 3.01. The van der Waals surface area contributed by atoms with Crippen LogP contribution in [0.25, 0.3) is 11.1 Å². The molecule has 2 aromatic carbocycles. The molecule has 0 aliphatic carbocycles. The van der Waals surface area contributed by atoms with Crippen LogP contribution in [-0.4, -0.2) is 11.3 Å². The van der Waals surface area contributed by atoms with Gasteiger partial charge >= 0.3 is 0 Å². The highest BCUT2D eigenvalue weighted by molar-refractivity contribution is 5.80. The highest BCUT2D eigenvalue weighted by Crippen LogP contribution is 2.26. The molecule has 0 N–H and O–H groups in total. The van der Waals surface area contributed by atoms with Crippen LogP contribution in [0.3, 0.4) is 0 Å². The van der Waals surface area contributed by atoms with E-state index in [0.717, 1.165) is 23.0 Å². The fourth-order valence-corrected chi connectivity index (χ4v) is 2.23. The Kier molecular flexibility index (Phi) is 4.43. The molecule has 0 amide bonds. The van der Waals surface area contributed by atoms with Gasteiger partial charge in [-0.1, -0.05) is 30.3 Å². The molecule has 3 aromatic rings. The molecule has 0 saturated carbocycles. The van der Waals surface area contributed by atoms with Gasteiger partial charge in [-0.3, -0.25) is 4.79 Å². The molecule has 0 saturated heterocycles. The van der Waals surface area contributed by atoms with E-state index in [-0.39, 0.29) is 0 Å².